The van der Waals surface area contributed by atoms with Crippen LogP contribution in [0.1, 0.15) is 29.1 Å². The maximum absolute atomic E-state index is 8.58. The largest absolute Gasteiger partial charge is 0.396 e. The van der Waals surface area contributed by atoms with Gasteiger partial charge in [0, 0.05) is 24.2 Å². The Morgan fingerprint density at radius 2 is 2.29 bits per heavy atom. The van der Waals surface area contributed by atoms with Crippen molar-refractivity contribution in [1.82, 2.24) is 10.3 Å². The molecule has 0 saturated carbocycles. The van der Waals surface area contributed by atoms with Crippen LogP contribution in [-0.4, -0.2) is 23.2 Å². The normalized spacial score (nSPS) is 10.7. The fourth-order valence-electron chi connectivity index (χ4n) is 1.24. The van der Waals surface area contributed by atoms with Gasteiger partial charge in [0.1, 0.15) is 0 Å². The molecular weight excluding hydrogens is 196 g/mol. The SMILES string of the molecule is Cc1ncc(CNCCCCCO)s1. The van der Waals surface area contributed by atoms with E-state index < -0.39 is 0 Å². The Balaban J connectivity index is 1.99. The molecule has 0 aliphatic heterocycles. The summed E-state index contributed by atoms with van der Waals surface area (Å²) in [6, 6.07) is 0. The van der Waals surface area contributed by atoms with Crippen LogP contribution in [0.25, 0.3) is 0 Å². The van der Waals surface area contributed by atoms with E-state index in [-0.39, 0.29) is 0 Å². The Morgan fingerprint density at radius 1 is 1.43 bits per heavy atom. The maximum Gasteiger partial charge on any atom is 0.0897 e. The number of rotatable bonds is 7. The van der Waals surface area contributed by atoms with Crippen LogP contribution in [0.3, 0.4) is 0 Å². The van der Waals surface area contributed by atoms with Crippen molar-refractivity contribution in [3.05, 3.63) is 16.1 Å². The molecule has 0 aliphatic rings. The molecule has 1 aromatic heterocycles. The number of hydrogen-bond donors (Lipinski definition) is 2. The van der Waals surface area contributed by atoms with Crippen molar-refractivity contribution in [2.45, 2.75) is 32.7 Å². The zero-order valence-corrected chi connectivity index (χ0v) is 9.44. The van der Waals surface area contributed by atoms with Crippen molar-refractivity contribution < 1.29 is 5.11 Å². The number of unbranched alkanes of at least 4 members (excludes halogenated alkanes) is 2. The third-order valence-electron chi connectivity index (χ3n) is 1.98. The standard InChI is InChI=1S/C10H18N2OS/c1-9-12-8-10(14-9)7-11-5-3-2-4-6-13/h8,11,13H,2-7H2,1H3. The van der Waals surface area contributed by atoms with E-state index in [9.17, 15) is 0 Å². The quantitative estimate of drug-likeness (QED) is 0.679. The molecule has 0 fully saturated rings. The van der Waals surface area contributed by atoms with E-state index in [4.69, 9.17) is 5.11 Å². The molecule has 1 aromatic rings. The molecule has 0 saturated heterocycles. The maximum atomic E-state index is 8.58. The summed E-state index contributed by atoms with van der Waals surface area (Å²) in [5.41, 5.74) is 0. The van der Waals surface area contributed by atoms with E-state index in [1.165, 1.54) is 4.88 Å². The minimum atomic E-state index is 0.314. The van der Waals surface area contributed by atoms with E-state index >= 15 is 0 Å². The molecule has 0 aliphatic carbocycles. The Kier molecular flexibility index (Phi) is 5.75. The van der Waals surface area contributed by atoms with Gasteiger partial charge in [0.05, 0.1) is 5.01 Å². The summed E-state index contributed by atoms with van der Waals surface area (Å²) in [4.78, 5) is 5.49. The van der Waals surface area contributed by atoms with Crippen molar-refractivity contribution in [3.8, 4) is 0 Å². The number of aryl methyl sites for hydroxylation is 1. The minimum Gasteiger partial charge on any atom is -0.396 e. The highest BCUT2D eigenvalue weighted by Crippen LogP contribution is 2.10. The van der Waals surface area contributed by atoms with Crippen LogP contribution in [0.4, 0.5) is 0 Å². The molecule has 0 amide bonds. The number of aliphatic hydroxyl groups is 1. The summed E-state index contributed by atoms with van der Waals surface area (Å²) >= 11 is 1.74. The van der Waals surface area contributed by atoms with E-state index in [0.717, 1.165) is 37.4 Å². The van der Waals surface area contributed by atoms with E-state index in [2.05, 4.69) is 10.3 Å². The molecule has 0 aromatic carbocycles. The molecule has 80 valence electrons. The molecule has 3 nitrogen and oxygen atoms in total. The predicted octanol–water partition coefficient (Wildman–Crippen LogP) is 1.70. The van der Waals surface area contributed by atoms with Gasteiger partial charge in [0.15, 0.2) is 0 Å². The Bertz CT molecular complexity index is 250. The second-order valence-corrected chi connectivity index (χ2v) is 4.63. The summed E-state index contributed by atoms with van der Waals surface area (Å²) in [6.07, 6.45) is 5.09. The van der Waals surface area contributed by atoms with Crippen LogP contribution in [0.15, 0.2) is 6.20 Å². The average molecular weight is 214 g/mol. The summed E-state index contributed by atoms with van der Waals surface area (Å²) in [6.45, 7) is 4.28. The van der Waals surface area contributed by atoms with Crippen molar-refractivity contribution >= 4 is 11.3 Å². The summed E-state index contributed by atoms with van der Waals surface area (Å²) in [5.74, 6) is 0. The number of nitrogens with one attached hydrogen (secondary N) is 1. The van der Waals surface area contributed by atoms with Gasteiger partial charge in [-0.05, 0) is 32.7 Å². The molecule has 0 unspecified atom stereocenters. The molecular formula is C10H18N2OS. The summed E-state index contributed by atoms with van der Waals surface area (Å²) in [7, 11) is 0. The third-order valence-corrected chi connectivity index (χ3v) is 2.89. The molecule has 1 heterocycles. The van der Waals surface area contributed by atoms with Gasteiger partial charge in [-0.15, -0.1) is 11.3 Å². The molecule has 0 radical (unpaired) electrons. The highest BCUT2D eigenvalue weighted by molar-refractivity contribution is 7.11. The predicted molar refractivity (Wildman–Crippen MR) is 59.5 cm³/mol. The monoisotopic (exact) mass is 214 g/mol. The molecule has 4 heteroatoms. The number of thiazole rings is 1. The first-order valence-corrected chi connectivity index (χ1v) is 5.87. The van der Waals surface area contributed by atoms with Gasteiger partial charge < -0.3 is 10.4 Å². The van der Waals surface area contributed by atoms with Crippen molar-refractivity contribution in [3.63, 3.8) is 0 Å². The second kappa shape index (κ2) is 6.92. The fourth-order valence-corrected chi connectivity index (χ4v) is 2.00. The second-order valence-electron chi connectivity index (χ2n) is 3.31. The van der Waals surface area contributed by atoms with Crippen LogP contribution in [-0.2, 0) is 6.54 Å². The van der Waals surface area contributed by atoms with Gasteiger partial charge in [-0.1, -0.05) is 0 Å². The number of hydrogen-bond acceptors (Lipinski definition) is 4. The summed E-state index contributed by atoms with van der Waals surface area (Å²) < 4.78 is 0. The molecule has 14 heavy (non-hydrogen) atoms. The van der Waals surface area contributed by atoms with Crippen molar-refractivity contribution in [1.29, 1.82) is 0 Å². The topological polar surface area (TPSA) is 45.2 Å². The van der Waals surface area contributed by atoms with E-state index in [1.54, 1.807) is 11.3 Å². The highest BCUT2D eigenvalue weighted by atomic mass is 32.1. The third kappa shape index (κ3) is 4.69. The van der Waals surface area contributed by atoms with E-state index in [1.807, 2.05) is 13.1 Å². The lowest BCUT2D eigenvalue weighted by atomic mass is 10.2. The number of nitrogens with zero attached hydrogens (tertiary/aromatic N) is 1. The van der Waals surface area contributed by atoms with Crippen LogP contribution in [0.5, 0.6) is 0 Å². The average Bonchev–Trinajstić information content (AvgIpc) is 2.58. The number of aliphatic hydroxyl groups excluding tert-OH is 1. The molecule has 0 bridgehead atoms. The first-order valence-electron chi connectivity index (χ1n) is 5.06. The Hall–Kier alpha value is -0.450. The van der Waals surface area contributed by atoms with Gasteiger partial charge >= 0.3 is 0 Å². The fraction of sp³-hybridized carbons (Fsp3) is 0.700. The lowest BCUT2D eigenvalue weighted by Crippen LogP contribution is -2.13. The highest BCUT2D eigenvalue weighted by Gasteiger charge is 1.96. The van der Waals surface area contributed by atoms with Crippen LogP contribution >= 0.6 is 11.3 Å². The Morgan fingerprint density at radius 3 is 2.93 bits per heavy atom. The lowest BCUT2D eigenvalue weighted by Gasteiger charge is -2.01. The lowest BCUT2D eigenvalue weighted by molar-refractivity contribution is 0.283. The first kappa shape index (κ1) is 11.6. The molecule has 0 atom stereocenters. The van der Waals surface area contributed by atoms with Gasteiger partial charge in [0.2, 0.25) is 0 Å². The van der Waals surface area contributed by atoms with Crippen LogP contribution < -0.4 is 5.32 Å². The van der Waals surface area contributed by atoms with Crippen LogP contribution in [0.2, 0.25) is 0 Å². The number of aromatic nitrogens is 1. The molecule has 1 rings (SSSR count). The zero-order valence-electron chi connectivity index (χ0n) is 8.62. The Labute approximate surface area is 89.2 Å². The molecule has 2 N–H and O–H groups in total. The van der Waals surface area contributed by atoms with Gasteiger partial charge in [0.25, 0.3) is 0 Å². The van der Waals surface area contributed by atoms with Crippen LogP contribution in [0, 0.1) is 6.92 Å². The first-order chi connectivity index (χ1) is 6.83. The summed E-state index contributed by atoms with van der Waals surface area (Å²) in [5, 5.41) is 13.1. The van der Waals surface area contributed by atoms with Gasteiger partial charge in [-0.3, -0.25) is 0 Å². The van der Waals surface area contributed by atoms with Crippen molar-refractivity contribution in [2.24, 2.45) is 0 Å². The van der Waals surface area contributed by atoms with E-state index in [0.29, 0.717) is 6.61 Å². The minimum absolute atomic E-state index is 0.314. The molecule has 0 spiro atoms. The van der Waals surface area contributed by atoms with Gasteiger partial charge in [-0.25, -0.2) is 4.98 Å². The van der Waals surface area contributed by atoms with Gasteiger partial charge in [-0.2, -0.15) is 0 Å². The zero-order chi connectivity index (χ0) is 10.2. The smallest absolute Gasteiger partial charge is 0.0897 e. The van der Waals surface area contributed by atoms with Crippen molar-refractivity contribution in [2.75, 3.05) is 13.2 Å².